The van der Waals surface area contributed by atoms with Gasteiger partial charge in [0, 0.05) is 16.8 Å². The molecule has 2 amide bonds. The largest absolute Gasteiger partial charge is 0.483 e. The van der Waals surface area contributed by atoms with Crippen LogP contribution in [0.3, 0.4) is 0 Å². The number of amides is 2. The minimum absolute atomic E-state index is 0.00346. The molecule has 0 spiro atoms. The molecule has 1 aliphatic rings. The van der Waals surface area contributed by atoms with Gasteiger partial charge in [-0.25, -0.2) is 13.6 Å². The molecule has 0 bridgehead atoms. The van der Waals surface area contributed by atoms with Crippen molar-refractivity contribution in [1.29, 1.82) is 0 Å². The van der Waals surface area contributed by atoms with E-state index in [0.717, 1.165) is 0 Å². The molecule has 0 radical (unpaired) electrons. The highest BCUT2D eigenvalue weighted by molar-refractivity contribution is 7.89. The van der Waals surface area contributed by atoms with E-state index in [9.17, 15) is 18.0 Å². The summed E-state index contributed by atoms with van der Waals surface area (Å²) in [7, 11) is -3.83. The van der Waals surface area contributed by atoms with E-state index in [2.05, 4.69) is 0 Å². The van der Waals surface area contributed by atoms with E-state index in [1.165, 1.54) is 35.2 Å². The van der Waals surface area contributed by atoms with Gasteiger partial charge in [-0.2, -0.15) is 0 Å². The zero-order valence-electron chi connectivity index (χ0n) is 14.9. The molecule has 1 aliphatic heterocycles. The standard InChI is InChI=1S/C18H18ClN3O5S/c1-10-6-11-7-13(28(21,25)26)3-4-15(11)22(10)17(23)9-27-16-5-2-12(19)8-14(16)18(20)24/h2-5,7-8,10H,6,9H2,1H3,(H2,20,24)(H2,21,25,26)/t10-/m0/s1. The predicted molar refractivity (Wildman–Crippen MR) is 104 cm³/mol. The first-order valence-electron chi connectivity index (χ1n) is 8.28. The van der Waals surface area contributed by atoms with Crippen molar-refractivity contribution in [3.63, 3.8) is 0 Å². The van der Waals surface area contributed by atoms with E-state index >= 15 is 0 Å². The Morgan fingerprint density at radius 2 is 1.96 bits per heavy atom. The third kappa shape index (κ3) is 3.96. The summed E-state index contributed by atoms with van der Waals surface area (Å²) in [5.41, 5.74) is 6.69. The van der Waals surface area contributed by atoms with Crippen LogP contribution in [0.1, 0.15) is 22.8 Å². The van der Waals surface area contributed by atoms with Crippen molar-refractivity contribution in [3.05, 3.63) is 52.5 Å². The summed E-state index contributed by atoms with van der Waals surface area (Å²) in [4.78, 5) is 25.8. The van der Waals surface area contributed by atoms with Crippen LogP contribution >= 0.6 is 11.6 Å². The van der Waals surface area contributed by atoms with Gasteiger partial charge in [-0.05, 0) is 55.3 Å². The highest BCUT2D eigenvalue weighted by atomic mass is 35.5. The topological polar surface area (TPSA) is 133 Å². The lowest BCUT2D eigenvalue weighted by Gasteiger charge is -2.23. The maximum Gasteiger partial charge on any atom is 0.265 e. The monoisotopic (exact) mass is 423 g/mol. The van der Waals surface area contributed by atoms with E-state index in [-0.39, 0.29) is 34.8 Å². The van der Waals surface area contributed by atoms with Gasteiger partial charge in [0.2, 0.25) is 10.0 Å². The van der Waals surface area contributed by atoms with Crippen molar-refractivity contribution in [2.75, 3.05) is 11.5 Å². The number of carbonyl (C=O) groups excluding carboxylic acids is 2. The molecular weight excluding hydrogens is 406 g/mol. The van der Waals surface area contributed by atoms with E-state index < -0.39 is 15.9 Å². The summed E-state index contributed by atoms with van der Waals surface area (Å²) in [5, 5.41) is 5.49. The van der Waals surface area contributed by atoms with Gasteiger partial charge in [-0.3, -0.25) is 9.59 Å². The average Bonchev–Trinajstić information content (AvgIpc) is 2.94. The number of anilines is 1. The molecule has 0 fully saturated rings. The number of rotatable bonds is 5. The molecule has 4 N–H and O–H groups in total. The lowest BCUT2D eigenvalue weighted by Crippen LogP contribution is -2.39. The summed E-state index contributed by atoms with van der Waals surface area (Å²) in [5.74, 6) is -0.915. The summed E-state index contributed by atoms with van der Waals surface area (Å²) in [6.45, 7) is 1.51. The van der Waals surface area contributed by atoms with Gasteiger partial charge in [0.1, 0.15) is 5.75 Å². The van der Waals surface area contributed by atoms with Gasteiger partial charge in [0.05, 0.1) is 10.5 Å². The maximum absolute atomic E-state index is 12.7. The van der Waals surface area contributed by atoms with Crippen LogP contribution < -0.4 is 20.5 Å². The van der Waals surface area contributed by atoms with Gasteiger partial charge < -0.3 is 15.4 Å². The normalized spacial score (nSPS) is 16.0. The number of hydrogen-bond donors (Lipinski definition) is 2. The lowest BCUT2D eigenvalue weighted by atomic mass is 10.1. The summed E-state index contributed by atoms with van der Waals surface area (Å²) in [6, 6.07) is 8.55. The Balaban J connectivity index is 1.81. The Hall–Kier alpha value is -2.62. The smallest absolute Gasteiger partial charge is 0.265 e. The number of nitrogens with zero attached hydrogens (tertiary/aromatic N) is 1. The van der Waals surface area contributed by atoms with Gasteiger partial charge in [-0.1, -0.05) is 11.6 Å². The molecule has 3 rings (SSSR count). The Morgan fingerprint density at radius 1 is 1.25 bits per heavy atom. The number of carbonyl (C=O) groups is 2. The first kappa shape index (κ1) is 20.1. The highest BCUT2D eigenvalue weighted by Crippen LogP contribution is 2.34. The van der Waals surface area contributed by atoms with E-state index in [0.29, 0.717) is 22.7 Å². The van der Waals surface area contributed by atoms with Gasteiger partial charge in [-0.15, -0.1) is 0 Å². The number of sulfonamides is 1. The SMILES string of the molecule is C[C@H]1Cc2cc(S(N)(=O)=O)ccc2N1C(=O)COc1ccc(Cl)cc1C(N)=O. The fourth-order valence-electron chi connectivity index (χ4n) is 3.19. The van der Waals surface area contributed by atoms with E-state index in [1.54, 1.807) is 6.07 Å². The first-order valence-corrected chi connectivity index (χ1v) is 10.2. The minimum Gasteiger partial charge on any atom is -0.483 e. The van der Waals surface area contributed by atoms with Crippen LogP contribution in [-0.2, 0) is 21.2 Å². The molecule has 0 saturated heterocycles. The van der Waals surface area contributed by atoms with Crippen LogP contribution in [0.15, 0.2) is 41.3 Å². The second-order valence-corrected chi connectivity index (χ2v) is 8.44. The van der Waals surface area contributed by atoms with Crippen LogP contribution in [0.2, 0.25) is 5.02 Å². The average molecular weight is 424 g/mol. The van der Waals surface area contributed by atoms with Crippen molar-refractivity contribution in [3.8, 4) is 5.75 Å². The Kier molecular flexibility index (Phi) is 5.33. The van der Waals surface area contributed by atoms with E-state index in [4.69, 9.17) is 27.2 Å². The number of nitrogens with two attached hydrogens (primary N) is 2. The van der Waals surface area contributed by atoms with Crippen molar-refractivity contribution in [1.82, 2.24) is 0 Å². The number of benzene rings is 2. The van der Waals surface area contributed by atoms with Crippen molar-refractivity contribution in [2.24, 2.45) is 10.9 Å². The van der Waals surface area contributed by atoms with Gasteiger partial charge in [0.25, 0.3) is 11.8 Å². The van der Waals surface area contributed by atoms with Crippen LogP contribution in [0.25, 0.3) is 0 Å². The molecule has 28 heavy (non-hydrogen) atoms. The molecule has 0 aliphatic carbocycles. The van der Waals surface area contributed by atoms with Crippen LogP contribution in [-0.4, -0.2) is 32.9 Å². The summed E-state index contributed by atoms with van der Waals surface area (Å²) in [6.07, 6.45) is 0.484. The predicted octanol–water partition coefficient (Wildman–Crippen LogP) is 1.44. The molecule has 10 heteroatoms. The Labute approximate surface area is 167 Å². The quantitative estimate of drug-likeness (QED) is 0.750. The number of halogens is 1. The zero-order chi connectivity index (χ0) is 20.6. The Bertz CT molecular complexity index is 1070. The summed E-state index contributed by atoms with van der Waals surface area (Å²) >= 11 is 5.86. The molecule has 0 saturated carbocycles. The maximum atomic E-state index is 12.7. The minimum atomic E-state index is -3.83. The van der Waals surface area contributed by atoms with Crippen LogP contribution in [0, 0.1) is 0 Å². The fourth-order valence-corrected chi connectivity index (χ4v) is 3.93. The molecule has 1 heterocycles. The van der Waals surface area contributed by atoms with Crippen molar-refractivity contribution in [2.45, 2.75) is 24.3 Å². The number of primary sulfonamides is 1. The number of hydrogen-bond acceptors (Lipinski definition) is 5. The van der Waals surface area contributed by atoms with E-state index in [1.807, 2.05) is 6.92 Å². The molecule has 1 atom stereocenters. The molecule has 2 aromatic rings. The van der Waals surface area contributed by atoms with Crippen molar-refractivity contribution < 1.29 is 22.7 Å². The first-order chi connectivity index (χ1) is 13.1. The molecule has 0 unspecified atom stereocenters. The number of ether oxygens (including phenoxy) is 1. The van der Waals surface area contributed by atoms with Gasteiger partial charge in [0.15, 0.2) is 6.61 Å². The number of primary amides is 1. The molecule has 0 aromatic heterocycles. The number of fused-ring (bicyclic) bond motifs is 1. The van der Waals surface area contributed by atoms with Crippen LogP contribution in [0.4, 0.5) is 5.69 Å². The van der Waals surface area contributed by atoms with Crippen LogP contribution in [0.5, 0.6) is 5.75 Å². The molecule has 8 nitrogen and oxygen atoms in total. The third-order valence-electron chi connectivity index (χ3n) is 4.42. The zero-order valence-corrected chi connectivity index (χ0v) is 16.5. The van der Waals surface area contributed by atoms with Gasteiger partial charge >= 0.3 is 0 Å². The second kappa shape index (κ2) is 7.42. The molecule has 2 aromatic carbocycles. The highest BCUT2D eigenvalue weighted by Gasteiger charge is 2.32. The molecule has 148 valence electrons. The molecular formula is C18H18ClN3O5S. The Morgan fingerprint density at radius 3 is 2.61 bits per heavy atom. The van der Waals surface area contributed by atoms with Crippen molar-refractivity contribution >= 4 is 39.1 Å². The third-order valence-corrected chi connectivity index (χ3v) is 5.57. The fraction of sp³-hybridized carbons (Fsp3) is 0.222. The lowest BCUT2D eigenvalue weighted by molar-refractivity contribution is -0.120. The second-order valence-electron chi connectivity index (χ2n) is 6.45. The summed E-state index contributed by atoms with van der Waals surface area (Å²) < 4.78 is 28.6.